The van der Waals surface area contributed by atoms with E-state index < -0.39 is 53.6 Å². The van der Waals surface area contributed by atoms with E-state index in [1.807, 2.05) is 0 Å². The normalized spacial score (nSPS) is 13.7. The Labute approximate surface area is 433 Å². The monoisotopic (exact) mass is 1040 g/mol. The molecule has 0 radical (unpaired) electrons. The molecule has 0 aliphatic heterocycles. The number of carbonyl (C=O) groups excluding carboxylic acids is 8. The average Bonchev–Trinajstić information content (AvgIpc) is 3.41. The summed E-state index contributed by atoms with van der Waals surface area (Å²) < 4.78 is 64.4. The average molecular weight is 1040 g/mol. The summed E-state index contributed by atoms with van der Waals surface area (Å²) in [4.78, 5) is 102. The molecule has 1 aliphatic carbocycles. The fourth-order valence-electron chi connectivity index (χ4n) is 7.12. The zero-order valence-corrected chi connectivity index (χ0v) is 42.0. The molecule has 0 unspecified atom stereocenters. The van der Waals surface area contributed by atoms with Gasteiger partial charge < -0.3 is 56.8 Å². The van der Waals surface area contributed by atoms with E-state index >= 15 is 0 Å². The summed E-state index contributed by atoms with van der Waals surface area (Å²) in [6.45, 7) is 5.90. The lowest BCUT2D eigenvalue weighted by Gasteiger charge is -2.26. The molecular weight excluding hydrogens is 981 g/mol. The van der Waals surface area contributed by atoms with Crippen LogP contribution < -0.4 is 28.4 Å². The van der Waals surface area contributed by atoms with E-state index in [9.17, 15) is 38.4 Å². The van der Waals surface area contributed by atoms with E-state index in [1.165, 1.54) is 81.8 Å². The van der Waals surface area contributed by atoms with E-state index in [0.717, 1.165) is 6.08 Å². The zero-order chi connectivity index (χ0) is 54.0. The van der Waals surface area contributed by atoms with Crippen molar-refractivity contribution in [3.63, 3.8) is 0 Å². The highest BCUT2D eigenvalue weighted by molar-refractivity contribution is 5.98. The van der Waals surface area contributed by atoms with Gasteiger partial charge in [0.15, 0.2) is 0 Å². The summed E-state index contributed by atoms with van der Waals surface area (Å²) in [7, 11) is 2.87. The first-order valence-electron chi connectivity index (χ1n) is 24.1. The van der Waals surface area contributed by atoms with Crippen LogP contribution in [0, 0.1) is 11.8 Å². The summed E-state index contributed by atoms with van der Waals surface area (Å²) in [5, 5.41) is 0. The Morgan fingerprint density at radius 3 is 1.23 bits per heavy atom. The van der Waals surface area contributed by atoms with Crippen molar-refractivity contribution in [3.8, 4) is 34.5 Å². The first-order chi connectivity index (χ1) is 36.3. The lowest BCUT2D eigenvalue weighted by atomic mass is 9.82. The Hall–Kier alpha value is -8.10. The maximum Gasteiger partial charge on any atom is 0.343 e. The second-order valence-corrected chi connectivity index (χ2v) is 16.6. The molecule has 0 heterocycles. The largest absolute Gasteiger partial charge is 0.494 e. The maximum atomic E-state index is 13.5. The topological polar surface area (TPSA) is 247 Å². The maximum absolute atomic E-state index is 13.5. The summed E-state index contributed by atoms with van der Waals surface area (Å²) in [5.74, 6) is -5.94. The molecule has 400 valence electrons. The van der Waals surface area contributed by atoms with Crippen LogP contribution in [0.1, 0.15) is 99.7 Å². The number of methoxy groups -OCH3 is 2. The fraction of sp³-hybridized carbons (Fsp3) is 0.382. The van der Waals surface area contributed by atoms with Crippen molar-refractivity contribution < 1.29 is 95.2 Å². The van der Waals surface area contributed by atoms with Crippen LogP contribution in [0.5, 0.6) is 34.5 Å². The molecule has 5 rings (SSSR count). The van der Waals surface area contributed by atoms with Crippen molar-refractivity contribution in [2.45, 2.75) is 58.3 Å². The van der Waals surface area contributed by atoms with Gasteiger partial charge in [0, 0.05) is 27.2 Å². The van der Waals surface area contributed by atoms with Crippen LogP contribution in [0.25, 0.3) is 0 Å². The zero-order valence-electron chi connectivity index (χ0n) is 42.0. The Morgan fingerprint density at radius 1 is 0.453 bits per heavy atom. The third kappa shape index (κ3) is 19.4. The van der Waals surface area contributed by atoms with Crippen molar-refractivity contribution in [3.05, 3.63) is 120 Å². The molecule has 75 heavy (non-hydrogen) atoms. The van der Waals surface area contributed by atoms with Crippen LogP contribution in [-0.4, -0.2) is 115 Å². The molecule has 20 heteroatoms. The number of hydrogen-bond donors (Lipinski definition) is 0. The van der Waals surface area contributed by atoms with Crippen molar-refractivity contribution in [2.24, 2.45) is 11.8 Å². The first kappa shape index (κ1) is 57.8. The second-order valence-electron chi connectivity index (χ2n) is 16.6. The summed E-state index contributed by atoms with van der Waals surface area (Å²) >= 11 is 0. The van der Waals surface area contributed by atoms with Gasteiger partial charge in [0.1, 0.15) is 58.8 Å². The van der Waals surface area contributed by atoms with E-state index in [1.54, 1.807) is 24.3 Å². The fourth-order valence-corrected chi connectivity index (χ4v) is 7.12. The molecular formula is C55H60O20. The summed E-state index contributed by atoms with van der Waals surface area (Å²) in [6.07, 6.45) is 4.60. The number of carbonyl (C=O) groups is 8. The first-order valence-corrected chi connectivity index (χ1v) is 24.1. The lowest BCUT2D eigenvalue weighted by Crippen LogP contribution is -2.30. The number of benzene rings is 4. The van der Waals surface area contributed by atoms with Crippen LogP contribution in [0.2, 0.25) is 0 Å². The molecule has 4 aromatic rings. The molecule has 0 aromatic heterocycles. The van der Waals surface area contributed by atoms with Crippen LogP contribution >= 0.6 is 0 Å². The van der Waals surface area contributed by atoms with Gasteiger partial charge in [0.25, 0.3) is 0 Å². The van der Waals surface area contributed by atoms with Crippen LogP contribution in [0.4, 0.5) is 0 Å². The van der Waals surface area contributed by atoms with E-state index in [2.05, 4.69) is 6.58 Å². The van der Waals surface area contributed by atoms with Gasteiger partial charge in [-0.1, -0.05) is 6.58 Å². The van der Waals surface area contributed by atoms with E-state index in [0.29, 0.717) is 57.0 Å². The van der Waals surface area contributed by atoms with Crippen LogP contribution in [0.15, 0.2) is 97.6 Å². The number of esters is 8. The smallest absolute Gasteiger partial charge is 0.343 e. The van der Waals surface area contributed by atoms with Gasteiger partial charge in [-0.2, -0.15) is 0 Å². The highest BCUT2D eigenvalue weighted by atomic mass is 16.6. The molecule has 1 saturated carbocycles. The molecule has 0 saturated heterocycles. The third-order valence-corrected chi connectivity index (χ3v) is 11.1. The minimum absolute atomic E-state index is 0.0158. The Kier molecular flexibility index (Phi) is 23.8. The molecule has 0 bridgehead atoms. The van der Waals surface area contributed by atoms with Gasteiger partial charge in [0.05, 0.1) is 62.6 Å². The highest BCUT2D eigenvalue weighted by Crippen LogP contribution is 2.34. The van der Waals surface area contributed by atoms with Gasteiger partial charge in [0.2, 0.25) is 0 Å². The van der Waals surface area contributed by atoms with Crippen molar-refractivity contribution in [1.82, 2.24) is 0 Å². The van der Waals surface area contributed by atoms with Gasteiger partial charge in [-0.15, -0.1) is 0 Å². The third-order valence-electron chi connectivity index (χ3n) is 11.1. The Bertz CT molecular complexity index is 2580. The van der Waals surface area contributed by atoms with Gasteiger partial charge in [-0.05, 0) is 136 Å². The SMILES string of the molecule is C=CC(=O)OCCCCOc1ccc(C(=O)Oc2ccc(OC(=O)C3CCC(C(=O)Oc4ccc(OC(=O)c5ccc(OCCCCOC(C)=O)cc5)c(C(=O)OCCOC)c4)CC3)cc2C(=O)OCCOC)cc1. The number of rotatable bonds is 29. The molecule has 0 spiro atoms. The second kappa shape index (κ2) is 30.8. The number of ether oxygens (including phenoxy) is 12. The molecule has 1 fully saturated rings. The molecule has 1 aliphatic rings. The number of hydrogen-bond acceptors (Lipinski definition) is 20. The van der Waals surface area contributed by atoms with E-state index in [-0.39, 0.29) is 110 Å². The number of unbranched alkanes of at least 4 members (excludes halogenated alkanes) is 2. The predicted molar refractivity (Wildman–Crippen MR) is 264 cm³/mol. The minimum atomic E-state index is -0.864. The van der Waals surface area contributed by atoms with Crippen molar-refractivity contribution >= 4 is 47.8 Å². The van der Waals surface area contributed by atoms with Gasteiger partial charge >= 0.3 is 47.8 Å². The van der Waals surface area contributed by atoms with Gasteiger partial charge in [-0.3, -0.25) is 14.4 Å². The summed E-state index contributed by atoms with van der Waals surface area (Å²) in [6, 6.07) is 20.1. The Morgan fingerprint density at radius 2 is 0.840 bits per heavy atom. The molecule has 0 atom stereocenters. The lowest BCUT2D eigenvalue weighted by molar-refractivity contribution is -0.145. The molecule has 4 aromatic carbocycles. The molecule has 0 amide bonds. The minimum Gasteiger partial charge on any atom is -0.494 e. The molecule has 20 nitrogen and oxygen atoms in total. The quantitative estimate of drug-likeness (QED) is 0.0166. The Balaban J connectivity index is 1.15. The highest BCUT2D eigenvalue weighted by Gasteiger charge is 2.33. The molecule has 0 N–H and O–H groups in total. The van der Waals surface area contributed by atoms with Crippen LogP contribution in [-0.2, 0) is 47.6 Å². The predicted octanol–water partition coefficient (Wildman–Crippen LogP) is 7.66. The van der Waals surface area contributed by atoms with Crippen LogP contribution in [0.3, 0.4) is 0 Å². The van der Waals surface area contributed by atoms with Gasteiger partial charge in [-0.25, -0.2) is 24.0 Å². The van der Waals surface area contributed by atoms with Crippen molar-refractivity contribution in [2.75, 3.05) is 67.1 Å². The van der Waals surface area contributed by atoms with Crippen molar-refractivity contribution in [1.29, 1.82) is 0 Å². The standard InChI is InChI=1S/C55H60O20/c1-5-49(57)69-29-9-8-28-68-42-20-16-40(17-21-42)53(61)75-48-25-23-44(35-46(48)55(63)71-33-31-65-4)73-51(59)38-12-10-37(11-13-38)50(58)72-43-22-24-47(45(34-43)54(62)70-32-30-64-3)74-52(60)39-14-18-41(19-15-39)67-27-7-6-26-66-36(2)56/h5,14-25,34-35,37-38H,1,6-13,26-33H2,2-4H3. The summed E-state index contributed by atoms with van der Waals surface area (Å²) in [5.41, 5.74) is -0.0590. The van der Waals surface area contributed by atoms with E-state index in [4.69, 9.17) is 56.8 Å².